The molecule has 0 spiro atoms. The standard InChI is InChI=1S/C19H25N5/c1-14-4-3-9-20-17(14)13-24-11-8-16(12-24)23(2)18-7-10-21-19(22-18)15-5-6-15/h3-4,7,9-10,15-16H,5-6,8,11-13H2,1-2H3. The lowest BCUT2D eigenvalue weighted by atomic mass is 10.2. The third-order valence-corrected chi connectivity index (χ3v) is 5.25. The maximum absolute atomic E-state index is 4.79. The minimum Gasteiger partial charge on any atom is -0.355 e. The Labute approximate surface area is 143 Å². The number of likely N-dealkylation sites (tertiary alicyclic amines) is 1. The van der Waals surface area contributed by atoms with Crippen molar-refractivity contribution in [2.75, 3.05) is 25.0 Å². The highest BCUT2D eigenvalue weighted by Crippen LogP contribution is 2.38. The van der Waals surface area contributed by atoms with Gasteiger partial charge in [-0.05, 0) is 43.9 Å². The minimum atomic E-state index is 0.510. The first kappa shape index (κ1) is 15.5. The number of likely N-dealkylation sites (N-methyl/N-ethyl adjacent to an activating group) is 1. The fourth-order valence-electron chi connectivity index (χ4n) is 3.45. The molecule has 1 saturated heterocycles. The van der Waals surface area contributed by atoms with Gasteiger partial charge in [0, 0.05) is 51.0 Å². The number of hydrogen-bond donors (Lipinski definition) is 0. The van der Waals surface area contributed by atoms with Crippen LogP contribution in [0.25, 0.3) is 0 Å². The monoisotopic (exact) mass is 323 g/mol. The van der Waals surface area contributed by atoms with Crippen molar-refractivity contribution in [1.29, 1.82) is 0 Å². The molecule has 2 fully saturated rings. The van der Waals surface area contributed by atoms with Crippen LogP contribution in [0.4, 0.5) is 5.82 Å². The largest absolute Gasteiger partial charge is 0.355 e. The van der Waals surface area contributed by atoms with Crippen molar-refractivity contribution in [1.82, 2.24) is 19.9 Å². The van der Waals surface area contributed by atoms with E-state index in [1.807, 2.05) is 24.5 Å². The molecule has 2 aromatic rings. The molecular formula is C19H25N5. The lowest BCUT2D eigenvalue weighted by Gasteiger charge is -2.26. The molecule has 0 N–H and O–H groups in total. The highest BCUT2D eigenvalue weighted by atomic mass is 15.3. The van der Waals surface area contributed by atoms with E-state index >= 15 is 0 Å². The number of hydrogen-bond acceptors (Lipinski definition) is 5. The summed E-state index contributed by atoms with van der Waals surface area (Å²) >= 11 is 0. The Hall–Kier alpha value is -2.01. The third kappa shape index (κ3) is 3.26. The smallest absolute Gasteiger partial charge is 0.133 e. The Morgan fingerprint density at radius 3 is 2.83 bits per heavy atom. The molecule has 24 heavy (non-hydrogen) atoms. The molecule has 1 aliphatic heterocycles. The van der Waals surface area contributed by atoms with Crippen LogP contribution in [0.5, 0.6) is 0 Å². The predicted molar refractivity (Wildman–Crippen MR) is 95.1 cm³/mol. The average molecular weight is 323 g/mol. The van der Waals surface area contributed by atoms with Gasteiger partial charge >= 0.3 is 0 Å². The molecule has 0 bridgehead atoms. The van der Waals surface area contributed by atoms with E-state index in [1.54, 1.807) is 0 Å². The maximum Gasteiger partial charge on any atom is 0.133 e. The third-order valence-electron chi connectivity index (χ3n) is 5.25. The first-order valence-corrected chi connectivity index (χ1v) is 8.89. The highest BCUT2D eigenvalue weighted by Gasteiger charge is 2.29. The van der Waals surface area contributed by atoms with Crippen molar-refractivity contribution in [3.63, 3.8) is 0 Å². The number of rotatable bonds is 5. The molecule has 0 amide bonds. The van der Waals surface area contributed by atoms with Crippen LogP contribution in [0.1, 0.15) is 42.3 Å². The van der Waals surface area contributed by atoms with Crippen molar-refractivity contribution < 1.29 is 0 Å². The molecule has 1 aliphatic carbocycles. The van der Waals surface area contributed by atoms with Crippen molar-refractivity contribution in [3.05, 3.63) is 47.7 Å². The van der Waals surface area contributed by atoms with Gasteiger partial charge in [-0.2, -0.15) is 0 Å². The lowest BCUT2D eigenvalue weighted by Crippen LogP contribution is -2.35. The first-order valence-electron chi connectivity index (χ1n) is 8.89. The zero-order valence-electron chi connectivity index (χ0n) is 14.5. The fraction of sp³-hybridized carbons (Fsp3) is 0.526. The minimum absolute atomic E-state index is 0.510. The summed E-state index contributed by atoms with van der Waals surface area (Å²) < 4.78 is 0. The molecule has 0 aromatic carbocycles. The van der Waals surface area contributed by atoms with Crippen molar-refractivity contribution in [2.24, 2.45) is 0 Å². The van der Waals surface area contributed by atoms with Crippen molar-refractivity contribution >= 4 is 5.82 Å². The van der Waals surface area contributed by atoms with E-state index in [4.69, 9.17) is 4.98 Å². The summed E-state index contributed by atoms with van der Waals surface area (Å²) in [5.74, 6) is 2.69. The van der Waals surface area contributed by atoms with Crippen LogP contribution >= 0.6 is 0 Å². The van der Waals surface area contributed by atoms with Crippen LogP contribution in [0, 0.1) is 6.92 Å². The quantitative estimate of drug-likeness (QED) is 0.846. The zero-order chi connectivity index (χ0) is 16.5. The Morgan fingerprint density at radius 2 is 2.04 bits per heavy atom. The van der Waals surface area contributed by atoms with Gasteiger partial charge in [-0.1, -0.05) is 6.07 Å². The summed E-state index contributed by atoms with van der Waals surface area (Å²) in [6.07, 6.45) is 7.46. The molecular weight excluding hydrogens is 298 g/mol. The SMILES string of the molecule is Cc1cccnc1CN1CCC(N(C)c2ccnc(C3CC3)n2)C1. The second kappa shape index (κ2) is 6.48. The molecule has 3 heterocycles. The second-order valence-corrected chi connectivity index (χ2v) is 7.10. The van der Waals surface area contributed by atoms with E-state index < -0.39 is 0 Å². The van der Waals surface area contributed by atoms with Crippen molar-refractivity contribution in [3.8, 4) is 0 Å². The molecule has 0 radical (unpaired) electrons. The van der Waals surface area contributed by atoms with Crippen LogP contribution in [0.2, 0.25) is 0 Å². The van der Waals surface area contributed by atoms with E-state index in [0.29, 0.717) is 12.0 Å². The Morgan fingerprint density at radius 1 is 1.17 bits per heavy atom. The van der Waals surface area contributed by atoms with E-state index in [0.717, 1.165) is 31.3 Å². The number of anilines is 1. The summed E-state index contributed by atoms with van der Waals surface area (Å²) in [7, 11) is 2.17. The van der Waals surface area contributed by atoms with E-state index in [9.17, 15) is 0 Å². The van der Waals surface area contributed by atoms with Gasteiger partial charge in [0.1, 0.15) is 11.6 Å². The number of aromatic nitrogens is 3. The van der Waals surface area contributed by atoms with E-state index in [2.05, 4.69) is 39.8 Å². The van der Waals surface area contributed by atoms with Gasteiger partial charge in [0.15, 0.2) is 0 Å². The fourth-order valence-corrected chi connectivity index (χ4v) is 3.45. The summed E-state index contributed by atoms with van der Waals surface area (Å²) in [6.45, 7) is 5.26. The van der Waals surface area contributed by atoms with Gasteiger partial charge in [0.2, 0.25) is 0 Å². The second-order valence-electron chi connectivity index (χ2n) is 7.10. The predicted octanol–water partition coefficient (Wildman–Crippen LogP) is 2.77. The lowest BCUT2D eigenvalue weighted by molar-refractivity contribution is 0.321. The molecule has 126 valence electrons. The van der Waals surface area contributed by atoms with Gasteiger partial charge in [0.05, 0.1) is 5.69 Å². The molecule has 1 saturated carbocycles. The van der Waals surface area contributed by atoms with Gasteiger partial charge in [-0.25, -0.2) is 9.97 Å². The normalized spacial score (nSPS) is 21.2. The zero-order valence-corrected chi connectivity index (χ0v) is 14.5. The van der Waals surface area contributed by atoms with Crippen molar-refractivity contribution in [2.45, 2.75) is 44.7 Å². The average Bonchev–Trinajstić information content (AvgIpc) is 3.36. The summed E-state index contributed by atoms with van der Waals surface area (Å²) in [4.78, 5) is 18.6. The van der Waals surface area contributed by atoms with Gasteiger partial charge in [-0.3, -0.25) is 9.88 Å². The summed E-state index contributed by atoms with van der Waals surface area (Å²) in [5, 5.41) is 0. The molecule has 2 aromatic heterocycles. The summed E-state index contributed by atoms with van der Waals surface area (Å²) in [6, 6.07) is 6.70. The van der Waals surface area contributed by atoms with Gasteiger partial charge in [-0.15, -0.1) is 0 Å². The Kier molecular flexibility index (Phi) is 4.19. The van der Waals surface area contributed by atoms with Crippen LogP contribution in [-0.4, -0.2) is 46.0 Å². The van der Waals surface area contributed by atoms with Gasteiger partial charge in [0.25, 0.3) is 0 Å². The topological polar surface area (TPSA) is 45.2 Å². The van der Waals surface area contributed by atoms with E-state index in [1.165, 1.54) is 30.5 Å². The Bertz CT molecular complexity index is 712. The molecule has 5 nitrogen and oxygen atoms in total. The first-order chi connectivity index (χ1) is 11.7. The number of aryl methyl sites for hydroxylation is 1. The highest BCUT2D eigenvalue weighted by molar-refractivity contribution is 5.39. The molecule has 5 heteroatoms. The molecule has 2 aliphatic rings. The van der Waals surface area contributed by atoms with Crippen LogP contribution < -0.4 is 4.90 Å². The maximum atomic E-state index is 4.79. The molecule has 1 unspecified atom stereocenters. The van der Waals surface area contributed by atoms with Crippen LogP contribution in [-0.2, 0) is 6.54 Å². The number of nitrogens with zero attached hydrogens (tertiary/aromatic N) is 5. The van der Waals surface area contributed by atoms with Crippen LogP contribution in [0.15, 0.2) is 30.6 Å². The van der Waals surface area contributed by atoms with Gasteiger partial charge < -0.3 is 4.90 Å². The summed E-state index contributed by atoms with van der Waals surface area (Å²) in [5.41, 5.74) is 2.47. The van der Waals surface area contributed by atoms with E-state index in [-0.39, 0.29) is 0 Å². The molecule has 4 rings (SSSR count). The van der Waals surface area contributed by atoms with Crippen LogP contribution in [0.3, 0.4) is 0 Å². The Balaban J connectivity index is 1.41. The number of pyridine rings is 1. The molecule has 1 atom stereocenters.